The number of ether oxygens (including phenoxy) is 1. The minimum atomic E-state index is -0.920. The number of halogens is 2. The zero-order valence-corrected chi connectivity index (χ0v) is 11.1. The molecule has 114 valence electrons. The molecule has 0 aliphatic heterocycles. The number of carbonyl (C=O) groups is 1. The minimum Gasteiger partial charge on any atom is -0.486 e. The molecule has 22 heavy (non-hydrogen) atoms. The number of primary amides is 1. The Labute approximate surface area is 123 Å². The predicted octanol–water partition coefficient (Wildman–Crippen LogP) is 2.55. The zero-order valence-electron chi connectivity index (χ0n) is 11.1. The average Bonchev–Trinajstić information content (AvgIpc) is 2.46. The van der Waals surface area contributed by atoms with Gasteiger partial charge in [0.05, 0.1) is 10.5 Å². The highest BCUT2D eigenvalue weighted by molar-refractivity contribution is 5.93. The van der Waals surface area contributed by atoms with Crippen LogP contribution in [0.5, 0.6) is 5.75 Å². The minimum absolute atomic E-state index is 0.0246. The van der Waals surface area contributed by atoms with E-state index < -0.39 is 22.5 Å². The van der Waals surface area contributed by atoms with Gasteiger partial charge in [0.15, 0.2) is 11.6 Å². The SMILES string of the molecule is NC(=O)c1ccc(COc2ccc(F)cc2F)c([N+](=O)[O-])c1. The molecule has 0 saturated heterocycles. The largest absolute Gasteiger partial charge is 0.486 e. The summed E-state index contributed by atoms with van der Waals surface area (Å²) in [6, 6.07) is 6.33. The maximum atomic E-state index is 13.4. The lowest BCUT2D eigenvalue weighted by Gasteiger charge is -2.08. The number of carbonyl (C=O) groups excluding carboxylic acids is 1. The fourth-order valence-electron chi connectivity index (χ4n) is 1.76. The first-order chi connectivity index (χ1) is 10.4. The summed E-state index contributed by atoms with van der Waals surface area (Å²) < 4.78 is 31.3. The molecule has 0 atom stereocenters. The van der Waals surface area contributed by atoms with Gasteiger partial charge in [0.2, 0.25) is 5.91 Å². The van der Waals surface area contributed by atoms with E-state index in [1.54, 1.807) is 0 Å². The van der Waals surface area contributed by atoms with E-state index in [-0.39, 0.29) is 29.2 Å². The van der Waals surface area contributed by atoms with Crippen molar-refractivity contribution in [1.29, 1.82) is 0 Å². The molecule has 1 amide bonds. The van der Waals surface area contributed by atoms with Gasteiger partial charge in [0, 0.05) is 17.7 Å². The molecule has 2 N–H and O–H groups in total. The van der Waals surface area contributed by atoms with Crippen LogP contribution in [0.25, 0.3) is 0 Å². The highest BCUT2D eigenvalue weighted by Crippen LogP contribution is 2.24. The van der Waals surface area contributed by atoms with Gasteiger partial charge < -0.3 is 10.5 Å². The summed E-state index contributed by atoms with van der Waals surface area (Å²) in [5.41, 5.74) is 4.78. The summed E-state index contributed by atoms with van der Waals surface area (Å²) in [6.07, 6.45) is 0. The molecule has 0 aliphatic carbocycles. The van der Waals surface area contributed by atoms with Crippen molar-refractivity contribution in [1.82, 2.24) is 0 Å². The lowest BCUT2D eigenvalue weighted by molar-refractivity contribution is -0.385. The van der Waals surface area contributed by atoms with E-state index in [0.717, 1.165) is 18.2 Å². The second-order valence-electron chi connectivity index (χ2n) is 4.33. The number of nitro groups is 1. The van der Waals surface area contributed by atoms with Gasteiger partial charge in [0.1, 0.15) is 12.4 Å². The van der Waals surface area contributed by atoms with Crippen molar-refractivity contribution in [2.24, 2.45) is 5.73 Å². The van der Waals surface area contributed by atoms with Crippen LogP contribution in [-0.4, -0.2) is 10.8 Å². The zero-order chi connectivity index (χ0) is 16.3. The molecule has 8 heteroatoms. The standard InChI is InChI=1S/C14H10F2N2O4/c15-10-3-4-13(11(16)6-10)22-7-9-2-1-8(14(17)19)5-12(9)18(20)21/h1-6H,7H2,(H2,17,19). The first kappa shape index (κ1) is 15.4. The molecule has 0 saturated carbocycles. The molecular weight excluding hydrogens is 298 g/mol. The van der Waals surface area contributed by atoms with Gasteiger partial charge in [-0.05, 0) is 24.3 Å². The van der Waals surface area contributed by atoms with Crippen LogP contribution in [0.1, 0.15) is 15.9 Å². The highest BCUT2D eigenvalue weighted by atomic mass is 19.1. The molecular formula is C14H10F2N2O4. The van der Waals surface area contributed by atoms with E-state index in [1.165, 1.54) is 12.1 Å². The Morgan fingerprint density at radius 2 is 1.95 bits per heavy atom. The smallest absolute Gasteiger partial charge is 0.276 e. The molecule has 0 bridgehead atoms. The van der Waals surface area contributed by atoms with Crippen LogP contribution >= 0.6 is 0 Å². The van der Waals surface area contributed by atoms with Crippen LogP contribution in [0.2, 0.25) is 0 Å². The Kier molecular flexibility index (Phi) is 4.31. The third kappa shape index (κ3) is 3.35. The van der Waals surface area contributed by atoms with Crippen molar-refractivity contribution in [3.63, 3.8) is 0 Å². The fourth-order valence-corrected chi connectivity index (χ4v) is 1.76. The Balaban J connectivity index is 2.25. The molecule has 2 rings (SSSR count). The first-order valence-corrected chi connectivity index (χ1v) is 6.03. The summed E-state index contributed by atoms with van der Waals surface area (Å²) in [6.45, 7) is -0.322. The molecule has 2 aromatic rings. The molecule has 0 aromatic heterocycles. The number of hydrogen-bond acceptors (Lipinski definition) is 4. The van der Waals surface area contributed by atoms with E-state index >= 15 is 0 Å². The number of nitrogens with two attached hydrogens (primary N) is 1. The second kappa shape index (κ2) is 6.17. The van der Waals surface area contributed by atoms with Crippen molar-refractivity contribution in [2.45, 2.75) is 6.61 Å². The summed E-state index contributed by atoms with van der Waals surface area (Å²) in [5.74, 6) is -2.73. The van der Waals surface area contributed by atoms with Crippen molar-refractivity contribution in [3.05, 3.63) is 69.3 Å². The van der Waals surface area contributed by atoms with Crippen molar-refractivity contribution >= 4 is 11.6 Å². The van der Waals surface area contributed by atoms with Crippen LogP contribution in [0.3, 0.4) is 0 Å². The second-order valence-corrected chi connectivity index (χ2v) is 4.33. The Morgan fingerprint density at radius 3 is 2.55 bits per heavy atom. The maximum Gasteiger partial charge on any atom is 0.276 e. The Morgan fingerprint density at radius 1 is 1.23 bits per heavy atom. The summed E-state index contributed by atoms with van der Waals surface area (Å²) in [4.78, 5) is 21.3. The van der Waals surface area contributed by atoms with Gasteiger partial charge in [-0.1, -0.05) is 0 Å². The average molecular weight is 308 g/mol. The third-order valence-electron chi connectivity index (χ3n) is 2.84. The number of benzene rings is 2. The number of hydrogen-bond donors (Lipinski definition) is 1. The molecule has 0 radical (unpaired) electrons. The fraction of sp³-hybridized carbons (Fsp3) is 0.0714. The Bertz CT molecular complexity index is 750. The van der Waals surface area contributed by atoms with E-state index in [4.69, 9.17) is 10.5 Å². The molecule has 6 nitrogen and oxygen atoms in total. The van der Waals surface area contributed by atoms with Crippen LogP contribution in [-0.2, 0) is 6.61 Å². The van der Waals surface area contributed by atoms with Crippen LogP contribution in [0, 0.1) is 21.7 Å². The number of rotatable bonds is 5. The van der Waals surface area contributed by atoms with E-state index in [0.29, 0.717) is 6.07 Å². The highest BCUT2D eigenvalue weighted by Gasteiger charge is 2.17. The first-order valence-electron chi connectivity index (χ1n) is 6.03. The lowest BCUT2D eigenvalue weighted by atomic mass is 10.1. The van der Waals surface area contributed by atoms with Crippen LogP contribution in [0.15, 0.2) is 36.4 Å². The quantitative estimate of drug-likeness (QED) is 0.678. The van der Waals surface area contributed by atoms with Gasteiger partial charge in [-0.25, -0.2) is 8.78 Å². The molecule has 2 aromatic carbocycles. The van der Waals surface area contributed by atoms with E-state index in [9.17, 15) is 23.7 Å². The van der Waals surface area contributed by atoms with Gasteiger partial charge in [-0.15, -0.1) is 0 Å². The van der Waals surface area contributed by atoms with Crippen LogP contribution in [0.4, 0.5) is 14.5 Å². The topological polar surface area (TPSA) is 95.5 Å². The van der Waals surface area contributed by atoms with E-state index in [1.807, 2.05) is 0 Å². The molecule has 0 aliphatic rings. The normalized spacial score (nSPS) is 10.3. The van der Waals surface area contributed by atoms with Crippen LogP contribution < -0.4 is 10.5 Å². The molecule has 0 fully saturated rings. The predicted molar refractivity (Wildman–Crippen MR) is 72.3 cm³/mol. The number of amides is 1. The van der Waals surface area contributed by atoms with Gasteiger partial charge in [-0.3, -0.25) is 14.9 Å². The summed E-state index contributed by atoms with van der Waals surface area (Å²) >= 11 is 0. The molecule has 0 unspecified atom stereocenters. The van der Waals surface area contributed by atoms with Crippen molar-refractivity contribution in [3.8, 4) is 5.75 Å². The Hall–Kier alpha value is -3.03. The summed E-state index contributed by atoms with van der Waals surface area (Å²) in [7, 11) is 0. The van der Waals surface area contributed by atoms with Gasteiger partial charge >= 0.3 is 0 Å². The third-order valence-corrected chi connectivity index (χ3v) is 2.84. The van der Waals surface area contributed by atoms with E-state index in [2.05, 4.69) is 0 Å². The maximum absolute atomic E-state index is 13.4. The van der Waals surface area contributed by atoms with Crippen molar-refractivity contribution < 1.29 is 23.2 Å². The molecule has 0 heterocycles. The van der Waals surface area contributed by atoms with Gasteiger partial charge in [-0.2, -0.15) is 0 Å². The number of nitro benzene ring substituents is 1. The number of nitrogens with zero attached hydrogens (tertiary/aromatic N) is 1. The van der Waals surface area contributed by atoms with Crippen molar-refractivity contribution in [2.75, 3.05) is 0 Å². The van der Waals surface area contributed by atoms with Gasteiger partial charge in [0.25, 0.3) is 5.69 Å². The lowest BCUT2D eigenvalue weighted by Crippen LogP contribution is -2.12. The summed E-state index contributed by atoms with van der Waals surface area (Å²) in [5, 5.41) is 11.0. The monoisotopic (exact) mass is 308 g/mol. The molecule has 0 spiro atoms.